The van der Waals surface area contributed by atoms with E-state index in [4.69, 9.17) is 0 Å². The maximum atomic E-state index is 12.4. The van der Waals surface area contributed by atoms with Crippen molar-refractivity contribution < 1.29 is 9.90 Å². The van der Waals surface area contributed by atoms with Gasteiger partial charge in [-0.15, -0.1) is 11.3 Å². The molecule has 1 aliphatic heterocycles. The molecule has 4 heteroatoms. The summed E-state index contributed by atoms with van der Waals surface area (Å²) in [6.45, 7) is 4.92. The Bertz CT molecular complexity index is 394. The first kappa shape index (κ1) is 12.6. The third-order valence-electron chi connectivity index (χ3n) is 3.48. The number of aliphatic hydroxyl groups is 1. The fourth-order valence-electron chi connectivity index (χ4n) is 2.28. The second-order valence-electron chi connectivity index (χ2n) is 4.68. The Morgan fingerprint density at radius 2 is 2.29 bits per heavy atom. The van der Waals surface area contributed by atoms with Gasteiger partial charge in [0.25, 0.3) is 5.91 Å². The van der Waals surface area contributed by atoms with Crippen molar-refractivity contribution in [2.45, 2.75) is 39.2 Å². The van der Waals surface area contributed by atoms with Gasteiger partial charge in [0.1, 0.15) is 0 Å². The van der Waals surface area contributed by atoms with E-state index in [0.717, 1.165) is 30.7 Å². The summed E-state index contributed by atoms with van der Waals surface area (Å²) >= 11 is 1.56. The number of carbonyl (C=O) groups is 1. The lowest BCUT2D eigenvalue weighted by Gasteiger charge is -2.34. The van der Waals surface area contributed by atoms with Crippen LogP contribution < -0.4 is 0 Å². The molecule has 1 aromatic rings. The first-order chi connectivity index (χ1) is 8.13. The van der Waals surface area contributed by atoms with E-state index in [2.05, 4.69) is 0 Å². The normalized spacial score (nSPS) is 20.6. The van der Waals surface area contributed by atoms with Crippen LogP contribution in [0.1, 0.15) is 39.4 Å². The Morgan fingerprint density at radius 1 is 1.53 bits per heavy atom. The largest absolute Gasteiger partial charge is 0.394 e. The van der Waals surface area contributed by atoms with E-state index in [1.54, 1.807) is 11.3 Å². The van der Waals surface area contributed by atoms with Gasteiger partial charge in [0.15, 0.2) is 0 Å². The Labute approximate surface area is 106 Å². The Balaban J connectivity index is 2.18. The lowest BCUT2D eigenvalue weighted by Crippen LogP contribution is -2.45. The summed E-state index contributed by atoms with van der Waals surface area (Å²) in [4.78, 5) is 16.2. The number of likely N-dealkylation sites (tertiary alicyclic amines) is 1. The first-order valence-corrected chi connectivity index (χ1v) is 6.94. The van der Waals surface area contributed by atoms with Crippen molar-refractivity contribution in [2.24, 2.45) is 0 Å². The van der Waals surface area contributed by atoms with Crippen molar-refractivity contribution in [3.05, 3.63) is 21.4 Å². The van der Waals surface area contributed by atoms with Crippen LogP contribution >= 0.6 is 11.3 Å². The highest BCUT2D eigenvalue weighted by Crippen LogP contribution is 2.25. The van der Waals surface area contributed by atoms with Gasteiger partial charge in [-0.25, -0.2) is 0 Å². The number of thiophene rings is 1. The van der Waals surface area contributed by atoms with Crippen LogP contribution in [0.2, 0.25) is 0 Å². The fraction of sp³-hybridized carbons (Fsp3) is 0.615. The number of hydrogen-bond acceptors (Lipinski definition) is 3. The van der Waals surface area contributed by atoms with Gasteiger partial charge in [0, 0.05) is 11.4 Å². The standard InChI is InChI=1S/C13H19NO2S/c1-9-7-12(17-10(9)2)13(16)14-6-4-3-5-11(14)8-15/h7,11,15H,3-6,8H2,1-2H3. The lowest BCUT2D eigenvalue weighted by molar-refractivity contribution is 0.0507. The summed E-state index contributed by atoms with van der Waals surface area (Å²) in [5, 5.41) is 9.33. The minimum Gasteiger partial charge on any atom is -0.394 e. The van der Waals surface area contributed by atoms with Gasteiger partial charge < -0.3 is 10.0 Å². The van der Waals surface area contributed by atoms with Crippen molar-refractivity contribution in [3.8, 4) is 0 Å². The van der Waals surface area contributed by atoms with E-state index >= 15 is 0 Å². The SMILES string of the molecule is Cc1cc(C(=O)N2CCCCC2CO)sc1C. The summed E-state index contributed by atoms with van der Waals surface area (Å²) in [5.74, 6) is 0.0879. The van der Waals surface area contributed by atoms with Crippen LogP contribution in [0.3, 0.4) is 0 Å². The number of rotatable bonds is 2. The van der Waals surface area contributed by atoms with Crippen molar-refractivity contribution in [1.82, 2.24) is 4.90 Å². The minimum atomic E-state index is 0.0129. The molecule has 1 amide bonds. The monoisotopic (exact) mass is 253 g/mol. The van der Waals surface area contributed by atoms with Crippen molar-refractivity contribution in [1.29, 1.82) is 0 Å². The molecule has 0 bridgehead atoms. The second-order valence-corrected chi connectivity index (χ2v) is 5.94. The molecular formula is C13H19NO2S. The van der Waals surface area contributed by atoms with Crippen LogP contribution in [-0.4, -0.2) is 35.1 Å². The second kappa shape index (κ2) is 5.19. The number of aryl methyl sites for hydroxylation is 2. The quantitative estimate of drug-likeness (QED) is 0.879. The molecule has 0 radical (unpaired) electrons. The van der Waals surface area contributed by atoms with Gasteiger partial charge >= 0.3 is 0 Å². The molecule has 1 N–H and O–H groups in total. The average Bonchev–Trinajstić information content (AvgIpc) is 2.68. The van der Waals surface area contributed by atoms with Crippen LogP contribution in [0.5, 0.6) is 0 Å². The van der Waals surface area contributed by atoms with Crippen LogP contribution in [0.15, 0.2) is 6.07 Å². The molecule has 0 spiro atoms. The summed E-state index contributed by atoms with van der Waals surface area (Å²) in [7, 11) is 0. The van der Waals surface area contributed by atoms with Gasteiger partial charge in [-0.05, 0) is 44.7 Å². The van der Waals surface area contributed by atoms with Crippen LogP contribution in [0.4, 0.5) is 0 Å². The number of hydrogen-bond donors (Lipinski definition) is 1. The molecule has 17 heavy (non-hydrogen) atoms. The molecule has 1 aromatic heterocycles. The smallest absolute Gasteiger partial charge is 0.264 e. The van der Waals surface area contributed by atoms with E-state index in [-0.39, 0.29) is 18.6 Å². The zero-order valence-corrected chi connectivity index (χ0v) is 11.2. The molecule has 1 fully saturated rings. The average molecular weight is 253 g/mol. The highest BCUT2D eigenvalue weighted by molar-refractivity contribution is 7.14. The Hall–Kier alpha value is -0.870. The predicted octanol–water partition coefficient (Wildman–Crippen LogP) is 2.35. The van der Waals surface area contributed by atoms with Gasteiger partial charge in [-0.2, -0.15) is 0 Å². The maximum Gasteiger partial charge on any atom is 0.264 e. The predicted molar refractivity (Wildman–Crippen MR) is 69.6 cm³/mol. The van der Waals surface area contributed by atoms with E-state index in [1.807, 2.05) is 24.8 Å². The van der Waals surface area contributed by atoms with Gasteiger partial charge in [0.2, 0.25) is 0 Å². The van der Waals surface area contributed by atoms with Gasteiger partial charge in [-0.3, -0.25) is 4.79 Å². The van der Waals surface area contributed by atoms with Crippen molar-refractivity contribution >= 4 is 17.2 Å². The first-order valence-electron chi connectivity index (χ1n) is 6.12. The molecule has 2 heterocycles. The highest BCUT2D eigenvalue weighted by Gasteiger charge is 2.27. The third-order valence-corrected chi connectivity index (χ3v) is 4.62. The highest BCUT2D eigenvalue weighted by atomic mass is 32.1. The van der Waals surface area contributed by atoms with E-state index in [0.29, 0.717) is 0 Å². The summed E-state index contributed by atoms with van der Waals surface area (Å²) in [6, 6.07) is 1.98. The van der Waals surface area contributed by atoms with Crippen LogP contribution in [-0.2, 0) is 0 Å². The molecule has 1 unspecified atom stereocenters. The summed E-state index contributed by atoms with van der Waals surface area (Å²) in [6.07, 6.45) is 3.08. The van der Waals surface area contributed by atoms with Crippen LogP contribution in [0, 0.1) is 13.8 Å². The van der Waals surface area contributed by atoms with Gasteiger partial charge in [-0.1, -0.05) is 0 Å². The zero-order valence-electron chi connectivity index (χ0n) is 10.4. The van der Waals surface area contributed by atoms with E-state index in [9.17, 15) is 9.90 Å². The number of amides is 1. The lowest BCUT2D eigenvalue weighted by atomic mass is 10.0. The number of aliphatic hydroxyl groups excluding tert-OH is 1. The Kier molecular flexibility index (Phi) is 3.84. The molecular weight excluding hydrogens is 234 g/mol. The topological polar surface area (TPSA) is 40.5 Å². The zero-order chi connectivity index (χ0) is 12.4. The summed E-state index contributed by atoms with van der Waals surface area (Å²) in [5.41, 5.74) is 1.18. The minimum absolute atomic E-state index is 0.0129. The molecule has 0 saturated carbocycles. The van der Waals surface area contributed by atoms with Gasteiger partial charge in [0.05, 0.1) is 17.5 Å². The van der Waals surface area contributed by atoms with Crippen molar-refractivity contribution in [2.75, 3.05) is 13.2 Å². The summed E-state index contributed by atoms with van der Waals surface area (Å²) < 4.78 is 0. The molecule has 2 rings (SSSR count). The number of nitrogens with zero attached hydrogens (tertiary/aromatic N) is 1. The van der Waals surface area contributed by atoms with Crippen molar-refractivity contribution in [3.63, 3.8) is 0 Å². The third kappa shape index (κ3) is 2.53. The molecule has 0 aliphatic carbocycles. The van der Waals surface area contributed by atoms with E-state index in [1.165, 1.54) is 10.4 Å². The molecule has 1 saturated heterocycles. The van der Waals surface area contributed by atoms with E-state index < -0.39 is 0 Å². The molecule has 94 valence electrons. The molecule has 3 nitrogen and oxygen atoms in total. The van der Waals surface area contributed by atoms with Crippen LogP contribution in [0.25, 0.3) is 0 Å². The maximum absolute atomic E-state index is 12.4. The number of carbonyl (C=O) groups excluding carboxylic acids is 1. The molecule has 0 aromatic carbocycles. The number of piperidine rings is 1. The molecule has 1 atom stereocenters. The molecule has 1 aliphatic rings. The fourth-order valence-corrected chi connectivity index (χ4v) is 3.27. The Morgan fingerprint density at radius 3 is 2.88 bits per heavy atom.